The summed E-state index contributed by atoms with van der Waals surface area (Å²) >= 11 is 0. The summed E-state index contributed by atoms with van der Waals surface area (Å²) in [6.07, 6.45) is 3.82. The molecule has 0 aromatic rings. The van der Waals surface area contributed by atoms with Crippen molar-refractivity contribution in [2.75, 3.05) is 6.61 Å². The predicted molar refractivity (Wildman–Crippen MR) is 54.1 cm³/mol. The Morgan fingerprint density at radius 2 is 2.20 bits per heavy atom. The van der Waals surface area contributed by atoms with E-state index in [2.05, 4.69) is 5.32 Å². The van der Waals surface area contributed by atoms with Crippen LogP contribution in [0.5, 0.6) is 0 Å². The third-order valence-electron chi connectivity index (χ3n) is 2.87. The molecule has 1 unspecified atom stereocenters. The molecule has 0 radical (unpaired) electrons. The van der Waals surface area contributed by atoms with Gasteiger partial charge in [-0.25, -0.2) is 4.79 Å². The lowest BCUT2D eigenvalue weighted by Crippen LogP contribution is -2.38. The monoisotopic (exact) mass is 209 g/mol. The molecule has 15 heavy (non-hydrogen) atoms. The number of hydrogen-bond donors (Lipinski definition) is 1. The summed E-state index contributed by atoms with van der Waals surface area (Å²) in [7, 11) is 0. The fraction of sp³-hybridized carbons (Fsp3) is 0.636. The van der Waals surface area contributed by atoms with E-state index in [1.165, 1.54) is 0 Å². The summed E-state index contributed by atoms with van der Waals surface area (Å²) in [5.41, 5.74) is 1.78. The number of carbonyl (C=O) groups is 2. The molecule has 0 saturated carbocycles. The molecular weight excluding hydrogens is 194 g/mol. The second kappa shape index (κ2) is 4.04. The van der Waals surface area contributed by atoms with Crippen LogP contribution in [0.1, 0.15) is 32.6 Å². The van der Waals surface area contributed by atoms with Crippen LogP contribution in [0, 0.1) is 0 Å². The lowest BCUT2D eigenvalue weighted by Gasteiger charge is -2.12. The van der Waals surface area contributed by atoms with Crippen molar-refractivity contribution in [2.45, 2.75) is 38.6 Å². The van der Waals surface area contributed by atoms with E-state index in [0.29, 0.717) is 6.61 Å². The van der Waals surface area contributed by atoms with Crippen LogP contribution in [0.4, 0.5) is 0 Å². The van der Waals surface area contributed by atoms with Crippen LogP contribution in [0.3, 0.4) is 0 Å². The molecule has 0 saturated heterocycles. The molecule has 1 heterocycles. The molecule has 4 nitrogen and oxygen atoms in total. The summed E-state index contributed by atoms with van der Waals surface area (Å²) < 4.78 is 4.85. The van der Waals surface area contributed by atoms with E-state index in [1.807, 2.05) is 0 Å². The Morgan fingerprint density at radius 1 is 1.47 bits per heavy atom. The summed E-state index contributed by atoms with van der Waals surface area (Å²) in [5, 5.41) is 2.98. The van der Waals surface area contributed by atoms with Crippen LogP contribution in [0.15, 0.2) is 11.3 Å². The topological polar surface area (TPSA) is 55.4 Å². The third-order valence-corrected chi connectivity index (χ3v) is 2.87. The molecule has 1 N–H and O–H groups in total. The van der Waals surface area contributed by atoms with Gasteiger partial charge in [-0.05, 0) is 32.6 Å². The van der Waals surface area contributed by atoms with Crippen molar-refractivity contribution in [3.05, 3.63) is 11.3 Å². The van der Waals surface area contributed by atoms with Crippen molar-refractivity contribution >= 4 is 11.8 Å². The van der Waals surface area contributed by atoms with Crippen LogP contribution < -0.4 is 5.32 Å². The maximum atomic E-state index is 11.8. The first-order chi connectivity index (χ1) is 7.24. The van der Waals surface area contributed by atoms with Crippen molar-refractivity contribution < 1.29 is 14.3 Å². The van der Waals surface area contributed by atoms with Gasteiger partial charge in [-0.15, -0.1) is 0 Å². The van der Waals surface area contributed by atoms with E-state index in [4.69, 9.17) is 4.74 Å². The average Bonchev–Trinajstić information content (AvgIpc) is 2.57. The molecule has 4 heteroatoms. The third kappa shape index (κ3) is 1.76. The first-order valence-electron chi connectivity index (χ1n) is 5.43. The molecule has 0 fully saturated rings. The number of nitrogens with one attached hydrogen (secondary N) is 1. The standard InChI is InChI=1S/C11H15NO3/c1-2-15-11(14)9-10(13)7-5-3-4-6-8(7)12-9/h9,12H,2-6H2,1H3. The largest absolute Gasteiger partial charge is 0.464 e. The quantitative estimate of drug-likeness (QED) is 0.542. The van der Waals surface area contributed by atoms with Crippen molar-refractivity contribution in [3.8, 4) is 0 Å². The van der Waals surface area contributed by atoms with Crippen molar-refractivity contribution in [1.82, 2.24) is 5.32 Å². The summed E-state index contributed by atoms with van der Waals surface area (Å²) in [6, 6.07) is -0.770. The first kappa shape index (κ1) is 10.2. The molecule has 0 spiro atoms. The van der Waals surface area contributed by atoms with Gasteiger partial charge in [-0.1, -0.05) is 0 Å². The van der Waals surface area contributed by atoms with Gasteiger partial charge >= 0.3 is 5.97 Å². The van der Waals surface area contributed by atoms with E-state index < -0.39 is 12.0 Å². The number of hydrogen-bond acceptors (Lipinski definition) is 4. The Labute approximate surface area is 88.7 Å². The molecule has 1 atom stereocenters. The van der Waals surface area contributed by atoms with Crippen LogP contribution in [-0.4, -0.2) is 24.4 Å². The molecule has 0 aromatic heterocycles. The van der Waals surface area contributed by atoms with Crippen LogP contribution in [0.2, 0.25) is 0 Å². The zero-order chi connectivity index (χ0) is 10.8. The van der Waals surface area contributed by atoms with Crippen molar-refractivity contribution in [3.63, 3.8) is 0 Å². The first-order valence-corrected chi connectivity index (χ1v) is 5.43. The van der Waals surface area contributed by atoms with Crippen LogP contribution >= 0.6 is 0 Å². The highest BCUT2D eigenvalue weighted by Gasteiger charge is 2.38. The predicted octanol–water partition coefficient (Wildman–Crippen LogP) is 0.919. The van der Waals surface area contributed by atoms with Crippen molar-refractivity contribution in [2.24, 2.45) is 0 Å². The Kier molecular flexibility index (Phi) is 2.75. The second-order valence-corrected chi connectivity index (χ2v) is 3.86. The summed E-state index contributed by atoms with van der Waals surface area (Å²) in [5.74, 6) is -0.528. The van der Waals surface area contributed by atoms with Crippen LogP contribution in [0.25, 0.3) is 0 Å². The number of rotatable bonds is 2. The van der Waals surface area contributed by atoms with Gasteiger partial charge in [-0.2, -0.15) is 0 Å². The second-order valence-electron chi connectivity index (χ2n) is 3.86. The summed E-state index contributed by atoms with van der Waals surface area (Å²) in [6.45, 7) is 2.06. The molecule has 82 valence electrons. The highest BCUT2D eigenvalue weighted by molar-refractivity contribution is 6.14. The number of ketones is 1. The lowest BCUT2D eigenvalue weighted by molar-refractivity contribution is -0.147. The van der Waals surface area contributed by atoms with E-state index in [-0.39, 0.29) is 5.78 Å². The lowest BCUT2D eigenvalue weighted by atomic mass is 9.95. The van der Waals surface area contributed by atoms with E-state index in [9.17, 15) is 9.59 Å². The minimum Gasteiger partial charge on any atom is -0.464 e. The Bertz CT molecular complexity index is 333. The Balaban J connectivity index is 2.09. The maximum absolute atomic E-state index is 11.8. The van der Waals surface area contributed by atoms with E-state index in [1.54, 1.807) is 6.92 Å². The highest BCUT2D eigenvalue weighted by Crippen LogP contribution is 2.29. The van der Waals surface area contributed by atoms with Crippen LogP contribution in [-0.2, 0) is 14.3 Å². The maximum Gasteiger partial charge on any atom is 0.336 e. The van der Waals surface area contributed by atoms with Crippen molar-refractivity contribution in [1.29, 1.82) is 0 Å². The van der Waals surface area contributed by atoms with Gasteiger partial charge in [0.15, 0.2) is 11.8 Å². The smallest absolute Gasteiger partial charge is 0.336 e. The van der Waals surface area contributed by atoms with Gasteiger partial charge in [0.1, 0.15) is 0 Å². The molecule has 1 aliphatic carbocycles. The normalized spacial score (nSPS) is 24.9. The molecular formula is C11H15NO3. The molecule has 2 aliphatic rings. The van der Waals surface area contributed by atoms with Gasteiger partial charge in [0.25, 0.3) is 0 Å². The number of allylic oxidation sites excluding steroid dienone is 1. The fourth-order valence-corrected chi connectivity index (χ4v) is 2.14. The van der Waals surface area contributed by atoms with Gasteiger partial charge in [-0.3, -0.25) is 4.79 Å². The molecule has 2 rings (SSSR count). The zero-order valence-electron chi connectivity index (χ0n) is 8.84. The van der Waals surface area contributed by atoms with E-state index >= 15 is 0 Å². The SMILES string of the molecule is CCOC(=O)C1NC2=C(CCCC2)C1=O. The molecule has 0 aromatic carbocycles. The number of ether oxygens (including phenoxy) is 1. The van der Waals surface area contributed by atoms with Gasteiger partial charge in [0.2, 0.25) is 0 Å². The Hall–Kier alpha value is -1.32. The van der Waals surface area contributed by atoms with Gasteiger partial charge < -0.3 is 10.1 Å². The minimum absolute atomic E-state index is 0.0804. The molecule has 1 aliphatic heterocycles. The number of carbonyl (C=O) groups excluding carboxylic acids is 2. The molecule has 0 amide bonds. The number of esters is 1. The number of Topliss-reactive ketones (excluding diaryl/α,β-unsaturated/α-hetero) is 1. The van der Waals surface area contributed by atoms with Gasteiger partial charge in [0, 0.05) is 11.3 Å². The van der Waals surface area contributed by atoms with E-state index in [0.717, 1.165) is 37.0 Å². The summed E-state index contributed by atoms with van der Waals surface area (Å²) in [4.78, 5) is 23.3. The highest BCUT2D eigenvalue weighted by atomic mass is 16.5. The minimum atomic E-state index is -0.770. The fourth-order valence-electron chi connectivity index (χ4n) is 2.14. The molecule has 0 bridgehead atoms. The zero-order valence-corrected chi connectivity index (χ0v) is 8.84. The Morgan fingerprint density at radius 3 is 2.87 bits per heavy atom. The average molecular weight is 209 g/mol. The van der Waals surface area contributed by atoms with Gasteiger partial charge in [0.05, 0.1) is 6.61 Å².